The summed E-state index contributed by atoms with van der Waals surface area (Å²) in [6.45, 7) is 5.07. The van der Waals surface area contributed by atoms with Crippen molar-refractivity contribution in [3.05, 3.63) is 58.9 Å². The van der Waals surface area contributed by atoms with E-state index in [1.54, 1.807) is 4.68 Å². The molecule has 2 rings (SSSR count). The van der Waals surface area contributed by atoms with Gasteiger partial charge in [0.1, 0.15) is 0 Å². The van der Waals surface area contributed by atoms with Gasteiger partial charge >= 0.3 is 0 Å². The third-order valence-corrected chi connectivity index (χ3v) is 3.85. The number of hydrogen-bond acceptors (Lipinski definition) is 4. The van der Waals surface area contributed by atoms with Gasteiger partial charge in [0.05, 0.1) is 25.0 Å². The van der Waals surface area contributed by atoms with E-state index in [4.69, 9.17) is 17.3 Å². The number of benzene rings is 1. The van der Waals surface area contributed by atoms with Crippen molar-refractivity contribution in [1.29, 1.82) is 0 Å². The molecule has 1 heterocycles. The number of carbonyl (C=O) groups excluding carboxylic acids is 1. The Morgan fingerprint density at radius 3 is 2.75 bits per heavy atom. The fourth-order valence-corrected chi connectivity index (χ4v) is 2.47. The third kappa shape index (κ3) is 5.47. The van der Waals surface area contributed by atoms with Crippen LogP contribution < -0.4 is 5.73 Å². The molecule has 0 aliphatic carbocycles. The van der Waals surface area contributed by atoms with Crippen molar-refractivity contribution < 1.29 is 4.79 Å². The van der Waals surface area contributed by atoms with Crippen LogP contribution in [0.25, 0.3) is 0 Å². The lowest BCUT2D eigenvalue weighted by atomic mass is 10.1. The second kappa shape index (κ2) is 8.61. The number of carbonyl (C=O) groups is 1. The number of rotatable bonds is 8. The van der Waals surface area contributed by atoms with E-state index in [1.165, 1.54) is 0 Å². The van der Waals surface area contributed by atoms with Crippen molar-refractivity contribution in [2.24, 2.45) is 5.73 Å². The van der Waals surface area contributed by atoms with E-state index in [-0.39, 0.29) is 18.5 Å². The van der Waals surface area contributed by atoms with Gasteiger partial charge in [0.2, 0.25) is 5.91 Å². The van der Waals surface area contributed by atoms with E-state index < -0.39 is 0 Å². The molecule has 1 atom stereocenters. The van der Waals surface area contributed by atoms with Crippen LogP contribution in [0.4, 0.5) is 0 Å². The number of halogens is 1. The highest BCUT2D eigenvalue weighted by molar-refractivity contribution is 6.29. The van der Waals surface area contributed by atoms with Gasteiger partial charge in [-0.05, 0) is 25.5 Å². The van der Waals surface area contributed by atoms with Crippen LogP contribution in [0.3, 0.4) is 0 Å². The van der Waals surface area contributed by atoms with E-state index in [1.807, 2.05) is 61.4 Å². The standard InChI is InChI=1S/C17H22ClN5O/c1-13(18)8-9-23-11-16(20-21-23)10-22(12-17(19)24)14(2)15-6-4-3-5-7-15/h3-8,11,14H,9-10,12H2,1-2H3,(H2,19,24)/b13-8-/t14-/m1/s1. The lowest BCUT2D eigenvalue weighted by Gasteiger charge is -2.27. The van der Waals surface area contributed by atoms with Crippen LogP contribution in [0, 0.1) is 0 Å². The van der Waals surface area contributed by atoms with Crippen molar-refractivity contribution in [3.8, 4) is 0 Å². The zero-order valence-corrected chi connectivity index (χ0v) is 14.6. The molecule has 0 spiro atoms. The van der Waals surface area contributed by atoms with E-state index in [9.17, 15) is 4.79 Å². The first-order chi connectivity index (χ1) is 11.5. The summed E-state index contributed by atoms with van der Waals surface area (Å²) in [6, 6.07) is 10.0. The molecule has 0 radical (unpaired) electrons. The van der Waals surface area contributed by atoms with Gasteiger partial charge in [0, 0.05) is 17.6 Å². The molecule has 0 unspecified atom stereocenters. The summed E-state index contributed by atoms with van der Waals surface area (Å²) in [7, 11) is 0. The van der Waals surface area contributed by atoms with E-state index in [0.717, 1.165) is 11.3 Å². The van der Waals surface area contributed by atoms with Gasteiger partial charge in [-0.1, -0.05) is 47.1 Å². The molecule has 0 aliphatic heterocycles. The Hall–Kier alpha value is -2.18. The minimum Gasteiger partial charge on any atom is -0.369 e. The molecule has 2 N–H and O–H groups in total. The van der Waals surface area contributed by atoms with Crippen LogP contribution in [0.1, 0.15) is 31.1 Å². The van der Waals surface area contributed by atoms with Gasteiger partial charge < -0.3 is 5.73 Å². The normalized spacial score (nSPS) is 13.2. The van der Waals surface area contributed by atoms with Crippen molar-refractivity contribution in [1.82, 2.24) is 19.9 Å². The largest absolute Gasteiger partial charge is 0.369 e. The maximum Gasteiger partial charge on any atom is 0.231 e. The fraction of sp³-hybridized carbons (Fsp3) is 0.353. The highest BCUT2D eigenvalue weighted by atomic mass is 35.5. The van der Waals surface area contributed by atoms with Crippen LogP contribution in [-0.2, 0) is 17.9 Å². The summed E-state index contributed by atoms with van der Waals surface area (Å²) in [6.07, 6.45) is 3.70. The molecular formula is C17H22ClN5O. The van der Waals surface area contributed by atoms with Gasteiger partial charge in [-0.25, -0.2) is 4.68 Å². The summed E-state index contributed by atoms with van der Waals surface area (Å²) in [4.78, 5) is 13.4. The lowest BCUT2D eigenvalue weighted by Crippen LogP contribution is -2.35. The minimum absolute atomic E-state index is 0.0360. The summed E-state index contributed by atoms with van der Waals surface area (Å²) in [5, 5.41) is 8.95. The molecule has 24 heavy (non-hydrogen) atoms. The molecule has 2 aromatic rings. The summed E-state index contributed by atoms with van der Waals surface area (Å²) < 4.78 is 1.71. The number of hydrogen-bond donors (Lipinski definition) is 1. The summed E-state index contributed by atoms with van der Waals surface area (Å²) in [5.74, 6) is -0.370. The monoisotopic (exact) mass is 347 g/mol. The lowest BCUT2D eigenvalue weighted by molar-refractivity contribution is -0.119. The van der Waals surface area contributed by atoms with E-state index in [0.29, 0.717) is 18.1 Å². The quantitative estimate of drug-likeness (QED) is 0.795. The predicted molar refractivity (Wildman–Crippen MR) is 94.1 cm³/mol. The number of amides is 1. The zero-order valence-electron chi connectivity index (χ0n) is 13.9. The van der Waals surface area contributed by atoms with Crippen molar-refractivity contribution in [2.75, 3.05) is 6.54 Å². The molecule has 0 saturated heterocycles. The maximum atomic E-state index is 11.4. The molecule has 0 aliphatic rings. The van der Waals surface area contributed by atoms with Crippen LogP contribution in [0.15, 0.2) is 47.6 Å². The highest BCUT2D eigenvalue weighted by Crippen LogP contribution is 2.21. The molecule has 7 heteroatoms. The maximum absolute atomic E-state index is 11.4. The second-order valence-electron chi connectivity index (χ2n) is 5.68. The van der Waals surface area contributed by atoms with Crippen LogP contribution >= 0.6 is 11.6 Å². The Morgan fingerprint density at radius 2 is 2.12 bits per heavy atom. The Morgan fingerprint density at radius 1 is 1.42 bits per heavy atom. The van der Waals surface area contributed by atoms with Crippen LogP contribution in [-0.4, -0.2) is 32.3 Å². The first kappa shape index (κ1) is 18.2. The first-order valence-electron chi connectivity index (χ1n) is 7.74. The Balaban J connectivity index is 2.11. The molecule has 6 nitrogen and oxygen atoms in total. The molecule has 1 aromatic heterocycles. The molecule has 128 valence electrons. The van der Waals surface area contributed by atoms with Gasteiger partial charge in [-0.15, -0.1) is 5.10 Å². The summed E-state index contributed by atoms with van der Waals surface area (Å²) >= 11 is 5.83. The molecule has 0 saturated carbocycles. The van der Waals surface area contributed by atoms with E-state index in [2.05, 4.69) is 10.3 Å². The average Bonchev–Trinajstić information content (AvgIpc) is 2.99. The van der Waals surface area contributed by atoms with Crippen molar-refractivity contribution in [2.45, 2.75) is 33.0 Å². The molecule has 0 bridgehead atoms. The molecule has 1 aromatic carbocycles. The summed E-state index contributed by atoms with van der Waals surface area (Å²) in [5.41, 5.74) is 7.30. The van der Waals surface area contributed by atoms with Gasteiger partial charge in [0.15, 0.2) is 0 Å². The topological polar surface area (TPSA) is 77.0 Å². The molecule has 0 fully saturated rings. The number of allylic oxidation sites excluding steroid dienone is 2. The second-order valence-corrected chi connectivity index (χ2v) is 6.28. The Kier molecular flexibility index (Phi) is 6.52. The molecule has 1 amide bonds. The Labute approximate surface area is 146 Å². The SMILES string of the molecule is C/C(Cl)=C/Cn1cc(CN(CC(N)=O)[C@H](C)c2ccccc2)nn1. The minimum atomic E-state index is -0.370. The highest BCUT2D eigenvalue weighted by Gasteiger charge is 2.19. The first-order valence-corrected chi connectivity index (χ1v) is 8.12. The van der Waals surface area contributed by atoms with E-state index >= 15 is 0 Å². The van der Waals surface area contributed by atoms with Gasteiger partial charge in [-0.3, -0.25) is 9.69 Å². The number of nitrogens with two attached hydrogens (primary N) is 1. The number of primary amides is 1. The predicted octanol–water partition coefficient (Wildman–Crippen LogP) is 2.47. The fourth-order valence-electron chi connectivity index (χ4n) is 2.40. The van der Waals surface area contributed by atoms with Crippen molar-refractivity contribution >= 4 is 17.5 Å². The average molecular weight is 348 g/mol. The van der Waals surface area contributed by atoms with Crippen LogP contribution in [0.2, 0.25) is 0 Å². The zero-order chi connectivity index (χ0) is 17.5. The van der Waals surface area contributed by atoms with Gasteiger partial charge in [0.25, 0.3) is 0 Å². The smallest absolute Gasteiger partial charge is 0.231 e. The number of aromatic nitrogens is 3. The third-order valence-electron chi connectivity index (χ3n) is 3.70. The molecular weight excluding hydrogens is 326 g/mol. The number of nitrogens with zero attached hydrogens (tertiary/aromatic N) is 4. The van der Waals surface area contributed by atoms with Crippen molar-refractivity contribution in [3.63, 3.8) is 0 Å². The Bertz CT molecular complexity index is 694. The van der Waals surface area contributed by atoms with Crippen LogP contribution in [0.5, 0.6) is 0 Å². The van der Waals surface area contributed by atoms with Gasteiger partial charge in [-0.2, -0.15) is 0 Å².